The smallest absolute Gasteiger partial charge is 0.382 e. The third-order valence-corrected chi connectivity index (χ3v) is 3.27. The summed E-state index contributed by atoms with van der Waals surface area (Å²) in [4.78, 5) is 0. The molecule has 0 spiro atoms. The van der Waals surface area contributed by atoms with E-state index in [2.05, 4.69) is 10.6 Å². The van der Waals surface area contributed by atoms with Crippen molar-refractivity contribution in [2.75, 3.05) is 25.1 Å². The largest absolute Gasteiger partial charge is 0.418 e. The number of ether oxygens (including phenoxy) is 1. The molecule has 1 aliphatic heterocycles. The van der Waals surface area contributed by atoms with Crippen LogP contribution in [-0.2, 0) is 10.9 Å². The second-order valence-electron chi connectivity index (χ2n) is 5.05. The van der Waals surface area contributed by atoms with Crippen molar-refractivity contribution < 1.29 is 17.9 Å². The summed E-state index contributed by atoms with van der Waals surface area (Å²) in [6.45, 7) is 3.96. The predicted molar refractivity (Wildman–Crippen MR) is 71.8 cm³/mol. The van der Waals surface area contributed by atoms with E-state index in [1.807, 2.05) is 6.92 Å². The molecule has 2 rings (SSSR count). The third-order valence-electron chi connectivity index (χ3n) is 3.27. The zero-order valence-electron chi connectivity index (χ0n) is 11.3. The van der Waals surface area contributed by atoms with Gasteiger partial charge in [-0.25, -0.2) is 0 Å². The number of rotatable bonds is 4. The Hall–Kier alpha value is -1.27. The average molecular weight is 288 g/mol. The summed E-state index contributed by atoms with van der Waals surface area (Å²) in [5, 5.41) is 6.24. The molecule has 1 aromatic rings. The molecule has 1 aliphatic rings. The fraction of sp³-hybridized carbons (Fsp3) is 0.571. The number of para-hydroxylation sites is 1. The Balaban J connectivity index is 1.98. The minimum atomic E-state index is -4.34. The first-order chi connectivity index (χ1) is 9.47. The topological polar surface area (TPSA) is 33.3 Å². The SMILES string of the molecule is CC(CC1COCCN1)Nc1ccccc1C(F)(F)F. The van der Waals surface area contributed by atoms with Gasteiger partial charge in [-0.15, -0.1) is 0 Å². The third kappa shape index (κ3) is 4.11. The minimum Gasteiger partial charge on any atom is -0.382 e. The molecule has 112 valence electrons. The average Bonchev–Trinajstić information content (AvgIpc) is 2.39. The van der Waals surface area contributed by atoms with Crippen LogP contribution in [0, 0.1) is 0 Å². The Morgan fingerprint density at radius 3 is 2.80 bits per heavy atom. The summed E-state index contributed by atoms with van der Waals surface area (Å²) < 4.78 is 44.0. The summed E-state index contributed by atoms with van der Waals surface area (Å²) in [7, 11) is 0. The van der Waals surface area contributed by atoms with Crippen molar-refractivity contribution >= 4 is 5.69 Å². The highest BCUT2D eigenvalue weighted by atomic mass is 19.4. The highest BCUT2D eigenvalue weighted by Crippen LogP contribution is 2.34. The number of hydrogen-bond acceptors (Lipinski definition) is 3. The Morgan fingerprint density at radius 2 is 2.15 bits per heavy atom. The minimum absolute atomic E-state index is 0.0716. The van der Waals surface area contributed by atoms with Crippen LogP contribution in [0.3, 0.4) is 0 Å². The van der Waals surface area contributed by atoms with Gasteiger partial charge >= 0.3 is 6.18 Å². The molecule has 2 N–H and O–H groups in total. The van der Waals surface area contributed by atoms with Crippen LogP contribution in [0.25, 0.3) is 0 Å². The number of halogens is 3. The summed E-state index contributed by atoms with van der Waals surface area (Å²) in [5.41, 5.74) is -0.496. The van der Waals surface area contributed by atoms with Gasteiger partial charge in [-0.05, 0) is 25.5 Å². The molecule has 0 saturated carbocycles. The lowest BCUT2D eigenvalue weighted by Gasteiger charge is -2.27. The highest BCUT2D eigenvalue weighted by Gasteiger charge is 2.33. The van der Waals surface area contributed by atoms with Gasteiger partial charge in [-0.3, -0.25) is 0 Å². The molecule has 0 aliphatic carbocycles. The number of nitrogens with one attached hydrogen (secondary N) is 2. The molecule has 1 fully saturated rings. The zero-order valence-corrected chi connectivity index (χ0v) is 11.3. The van der Waals surface area contributed by atoms with E-state index >= 15 is 0 Å². The number of morpholine rings is 1. The van der Waals surface area contributed by atoms with E-state index in [1.54, 1.807) is 6.07 Å². The molecule has 6 heteroatoms. The molecular weight excluding hydrogens is 269 g/mol. The van der Waals surface area contributed by atoms with E-state index in [0.717, 1.165) is 12.6 Å². The Morgan fingerprint density at radius 1 is 1.40 bits per heavy atom. The lowest BCUT2D eigenvalue weighted by molar-refractivity contribution is -0.137. The van der Waals surface area contributed by atoms with Gasteiger partial charge in [0.15, 0.2) is 0 Å². The van der Waals surface area contributed by atoms with Crippen molar-refractivity contribution in [2.24, 2.45) is 0 Å². The Bertz CT molecular complexity index is 431. The molecule has 2 atom stereocenters. The quantitative estimate of drug-likeness (QED) is 0.894. The van der Waals surface area contributed by atoms with Gasteiger partial charge in [-0.2, -0.15) is 13.2 Å². The normalized spacial score (nSPS) is 21.5. The van der Waals surface area contributed by atoms with Gasteiger partial charge < -0.3 is 15.4 Å². The first kappa shape index (κ1) is 15.1. The second-order valence-corrected chi connectivity index (χ2v) is 5.05. The standard InChI is InChI=1S/C14H19F3N2O/c1-10(8-11-9-20-7-6-18-11)19-13-5-3-2-4-12(13)14(15,16)17/h2-5,10-11,18-19H,6-9H2,1H3. The van der Waals surface area contributed by atoms with Gasteiger partial charge in [0.05, 0.1) is 18.8 Å². The zero-order chi connectivity index (χ0) is 14.6. The van der Waals surface area contributed by atoms with Gasteiger partial charge in [0.25, 0.3) is 0 Å². The fourth-order valence-corrected chi connectivity index (χ4v) is 2.38. The molecule has 1 saturated heterocycles. The first-order valence-electron chi connectivity index (χ1n) is 6.70. The van der Waals surface area contributed by atoms with Crippen LogP contribution in [0.1, 0.15) is 18.9 Å². The first-order valence-corrected chi connectivity index (χ1v) is 6.70. The Labute approximate surface area is 116 Å². The van der Waals surface area contributed by atoms with Gasteiger partial charge in [0, 0.05) is 24.3 Å². The van der Waals surface area contributed by atoms with Crippen LogP contribution in [0.4, 0.5) is 18.9 Å². The molecule has 0 aromatic heterocycles. The van der Waals surface area contributed by atoms with Crippen molar-refractivity contribution in [2.45, 2.75) is 31.6 Å². The van der Waals surface area contributed by atoms with Crippen molar-refractivity contribution in [3.05, 3.63) is 29.8 Å². The van der Waals surface area contributed by atoms with E-state index in [0.29, 0.717) is 19.6 Å². The lowest BCUT2D eigenvalue weighted by Crippen LogP contribution is -2.43. The Kier molecular flexibility index (Phi) is 4.88. The van der Waals surface area contributed by atoms with Crippen LogP contribution < -0.4 is 10.6 Å². The van der Waals surface area contributed by atoms with E-state index in [1.165, 1.54) is 12.1 Å². The van der Waals surface area contributed by atoms with Crippen molar-refractivity contribution in [3.8, 4) is 0 Å². The summed E-state index contributed by atoms with van der Waals surface area (Å²) >= 11 is 0. The monoisotopic (exact) mass is 288 g/mol. The maximum absolute atomic E-state index is 12.9. The van der Waals surface area contributed by atoms with E-state index < -0.39 is 11.7 Å². The molecule has 0 amide bonds. The van der Waals surface area contributed by atoms with Gasteiger partial charge in [0.1, 0.15) is 0 Å². The predicted octanol–water partition coefficient (Wildman–Crippen LogP) is 2.88. The number of benzene rings is 1. The molecule has 0 radical (unpaired) electrons. The molecular formula is C14H19F3N2O. The van der Waals surface area contributed by atoms with Gasteiger partial charge in [0.2, 0.25) is 0 Å². The molecule has 2 unspecified atom stereocenters. The lowest BCUT2D eigenvalue weighted by atomic mass is 10.1. The number of anilines is 1. The summed E-state index contributed by atoms with van der Waals surface area (Å²) in [6, 6.07) is 5.67. The number of alkyl halides is 3. The van der Waals surface area contributed by atoms with Crippen molar-refractivity contribution in [1.29, 1.82) is 0 Å². The fourth-order valence-electron chi connectivity index (χ4n) is 2.38. The number of hydrogen-bond donors (Lipinski definition) is 2. The highest BCUT2D eigenvalue weighted by molar-refractivity contribution is 5.53. The molecule has 1 aromatic carbocycles. The maximum atomic E-state index is 12.9. The van der Waals surface area contributed by atoms with Crippen LogP contribution in [0.15, 0.2) is 24.3 Å². The van der Waals surface area contributed by atoms with Crippen molar-refractivity contribution in [3.63, 3.8) is 0 Å². The molecule has 3 nitrogen and oxygen atoms in total. The summed E-state index contributed by atoms with van der Waals surface area (Å²) in [6.07, 6.45) is -3.62. The van der Waals surface area contributed by atoms with Gasteiger partial charge in [-0.1, -0.05) is 12.1 Å². The maximum Gasteiger partial charge on any atom is 0.418 e. The summed E-state index contributed by atoms with van der Waals surface area (Å²) in [5.74, 6) is 0. The van der Waals surface area contributed by atoms with E-state index in [-0.39, 0.29) is 17.8 Å². The van der Waals surface area contributed by atoms with Crippen LogP contribution >= 0.6 is 0 Å². The van der Waals surface area contributed by atoms with E-state index in [9.17, 15) is 13.2 Å². The van der Waals surface area contributed by atoms with Crippen LogP contribution in [0.2, 0.25) is 0 Å². The molecule has 20 heavy (non-hydrogen) atoms. The van der Waals surface area contributed by atoms with Crippen LogP contribution in [-0.4, -0.2) is 31.8 Å². The second kappa shape index (κ2) is 6.45. The molecule has 1 heterocycles. The van der Waals surface area contributed by atoms with E-state index in [4.69, 9.17) is 4.74 Å². The van der Waals surface area contributed by atoms with Crippen LogP contribution in [0.5, 0.6) is 0 Å². The molecule has 0 bridgehead atoms. The van der Waals surface area contributed by atoms with Crippen molar-refractivity contribution in [1.82, 2.24) is 5.32 Å².